The summed E-state index contributed by atoms with van der Waals surface area (Å²) in [6, 6.07) is 13.7. The Bertz CT molecular complexity index is 1690. The smallest absolute Gasteiger partial charge is 0.274 e. The zero-order chi connectivity index (χ0) is 30.8. The molecule has 3 atom stereocenters. The van der Waals surface area contributed by atoms with Gasteiger partial charge in [0.25, 0.3) is 5.91 Å². The van der Waals surface area contributed by atoms with Crippen LogP contribution in [0.1, 0.15) is 28.9 Å². The first-order valence-corrected chi connectivity index (χ1v) is 15.7. The molecule has 11 nitrogen and oxygen atoms in total. The van der Waals surface area contributed by atoms with Gasteiger partial charge in [-0.3, -0.25) is 19.5 Å². The summed E-state index contributed by atoms with van der Waals surface area (Å²) >= 11 is 0. The third-order valence-corrected chi connectivity index (χ3v) is 9.21. The number of aromatic nitrogens is 4. The second kappa shape index (κ2) is 12.8. The van der Waals surface area contributed by atoms with Crippen molar-refractivity contribution in [3.8, 4) is 11.3 Å². The van der Waals surface area contributed by atoms with Crippen LogP contribution in [0.2, 0.25) is 0 Å². The van der Waals surface area contributed by atoms with Crippen molar-refractivity contribution in [2.45, 2.75) is 19.4 Å². The molecule has 6 heterocycles. The van der Waals surface area contributed by atoms with Crippen molar-refractivity contribution in [2.75, 3.05) is 56.2 Å². The molecule has 0 aliphatic carbocycles. The molecule has 0 bridgehead atoms. The van der Waals surface area contributed by atoms with Gasteiger partial charge in [-0.25, -0.2) is 9.97 Å². The molecule has 3 aromatic heterocycles. The minimum absolute atomic E-state index is 0.135. The molecule has 0 saturated carbocycles. The van der Waals surface area contributed by atoms with E-state index < -0.39 is 0 Å². The summed E-state index contributed by atoms with van der Waals surface area (Å²) in [5.74, 6) is 2.12. The number of H-pyrrole nitrogens is 1. The molecule has 3 N–H and O–H groups in total. The first-order chi connectivity index (χ1) is 22.0. The second-order valence-corrected chi connectivity index (χ2v) is 12.4. The van der Waals surface area contributed by atoms with Gasteiger partial charge in [-0.05, 0) is 72.8 Å². The number of nitrogens with zero attached hydrogens (tertiary/aromatic N) is 5. The summed E-state index contributed by atoms with van der Waals surface area (Å²) in [4.78, 5) is 46.3. The van der Waals surface area contributed by atoms with E-state index in [9.17, 15) is 9.59 Å². The number of piperidine rings is 1. The number of pyridine rings is 1. The number of anilines is 2. The minimum Gasteiger partial charge on any atom is -0.381 e. The number of aromatic amines is 1. The normalized spacial score (nSPS) is 21.5. The first kappa shape index (κ1) is 29.1. The summed E-state index contributed by atoms with van der Waals surface area (Å²) in [5, 5.41) is 6.91. The van der Waals surface area contributed by atoms with Gasteiger partial charge >= 0.3 is 0 Å². The Labute approximate surface area is 262 Å². The predicted octanol–water partition coefficient (Wildman–Crippen LogP) is 3.87. The van der Waals surface area contributed by atoms with Gasteiger partial charge in [0.15, 0.2) is 0 Å². The molecule has 4 aromatic rings. The van der Waals surface area contributed by atoms with Gasteiger partial charge in [0, 0.05) is 62.1 Å². The van der Waals surface area contributed by atoms with Crippen molar-refractivity contribution in [3.63, 3.8) is 0 Å². The molecule has 3 fully saturated rings. The zero-order valence-corrected chi connectivity index (χ0v) is 25.2. The van der Waals surface area contributed by atoms with Crippen molar-refractivity contribution in [1.82, 2.24) is 30.2 Å². The SMILES string of the molecule is C=CC(=O)NCC1CCCN(Cc2ccnc(C(=O)Nc3ccc(-c4cc5c(N6CC7COC[C@@H]7C6)ncnc5[nH]4)cc3)c2)C1. The molecule has 7 rings (SSSR count). The van der Waals surface area contributed by atoms with Gasteiger partial charge in [-0.2, -0.15) is 0 Å². The lowest BCUT2D eigenvalue weighted by atomic mass is 9.97. The van der Waals surface area contributed by atoms with E-state index in [0.717, 1.165) is 92.5 Å². The van der Waals surface area contributed by atoms with Gasteiger partial charge < -0.3 is 25.3 Å². The second-order valence-electron chi connectivity index (χ2n) is 12.4. The topological polar surface area (TPSA) is 128 Å². The highest BCUT2D eigenvalue weighted by Gasteiger charge is 2.38. The van der Waals surface area contributed by atoms with Crippen LogP contribution >= 0.6 is 0 Å². The number of likely N-dealkylation sites (tertiary alicyclic amines) is 1. The number of carbonyl (C=O) groups excluding carboxylic acids is 2. The highest BCUT2D eigenvalue weighted by Crippen LogP contribution is 2.35. The van der Waals surface area contributed by atoms with Crippen LogP contribution in [0.15, 0.2) is 67.6 Å². The van der Waals surface area contributed by atoms with Crippen LogP contribution in [-0.4, -0.2) is 82.6 Å². The van der Waals surface area contributed by atoms with E-state index in [4.69, 9.17) is 4.74 Å². The number of hydrogen-bond donors (Lipinski definition) is 3. The summed E-state index contributed by atoms with van der Waals surface area (Å²) < 4.78 is 5.65. The summed E-state index contributed by atoms with van der Waals surface area (Å²) in [7, 11) is 0. The Balaban J connectivity index is 0.981. The maximum atomic E-state index is 13.1. The Morgan fingerprint density at radius 3 is 2.67 bits per heavy atom. The number of carbonyl (C=O) groups is 2. The van der Waals surface area contributed by atoms with Crippen LogP contribution in [0, 0.1) is 17.8 Å². The third-order valence-electron chi connectivity index (χ3n) is 9.21. The molecule has 45 heavy (non-hydrogen) atoms. The van der Waals surface area contributed by atoms with Crippen molar-refractivity contribution >= 4 is 34.4 Å². The van der Waals surface area contributed by atoms with Crippen molar-refractivity contribution in [1.29, 1.82) is 0 Å². The van der Waals surface area contributed by atoms with Crippen LogP contribution in [0.25, 0.3) is 22.3 Å². The summed E-state index contributed by atoms with van der Waals surface area (Å²) in [6.45, 7) is 10.4. The van der Waals surface area contributed by atoms with E-state index in [1.165, 1.54) is 6.08 Å². The molecule has 0 spiro atoms. The highest BCUT2D eigenvalue weighted by atomic mass is 16.5. The Morgan fingerprint density at radius 2 is 1.87 bits per heavy atom. The lowest BCUT2D eigenvalue weighted by Gasteiger charge is -2.32. The number of fused-ring (bicyclic) bond motifs is 2. The van der Waals surface area contributed by atoms with Gasteiger partial charge in [0.2, 0.25) is 5.91 Å². The van der Waals surface area contributed by atoms with E-state index in [-0.39, 0.29) is 11.8 Å². The summed E-state index contributed by atoms with van der Waals surface area (Å²) in [5.41, 5.74) is 4.86. The molecule has 232 valence electrons. The van der Waals surface area contributed by atoms with Crippen LogP contribution in [0.5, 0.6) is 0 Å². The van der Waals surface area contributed by atoms with Crippen LogP contribution in [-0.2, 0) is 16.1 Å². The predicted molar refractivity (Wildman–Crippen MR) is 173 cm³/mol. The number of nitrogens with one attached hydrogen (secondary N) is 3. The minimum atomic E-state index is -0.250. The largest absolute Gasteiger partial charge is 0.381 e. The Hall–Kier alpha value is -4.61. The number of amides is 2. The standard InChI is InChI=1S/C34H38N8O3/c1-2-31(43)36-14-23-4-3-11-41(16-23)15-22-9-10-35-30(12-22)34(44)39-27-7-5-24(6-8-27)29-13-28-32(40-29)37-21-38-33(28)42-17-25-19-45-20-26(25)18-42/h2,5-10,12-13,21,23,25-26H,1,3-4,11,14-20H2,(H,36,43)(H,39,44)(H,37,38,40)/t23?,25-,26?/m0/s1. The van der Waals surface area contributed by atoms with E-state index in [2.05, 4.69) is 53.0 Å². The fourth-order valence-electron chi connectivity index (χ4n) is 6.86. The molecular formula is C34H38N8O3. The third kappa shape index (κ3) is 6.45. The monoisotopic (exact) mass is 606 g/mol. The first-order valence-electron chi connectivity index (χ1n) is 15.7. The molecule has 2 unspecified atom stereocenters. The summed E-state index contributed by atoms with van der Waals surface area (Å²) in [6.07, 6.45) is 6.78. The number of rotatable bonds is 9. The molecule has 3 saturated heterocycles. The van der Waals surface area contributed by atoms with Gasteiger partial charge in [-0.1, -0.05) is 18.7 Å². The van der Waals surface area contributed by atoms with Gasteiger partial charge in [-0.15, -0.1) is 0 Å². The molecule has 11 heteroatoms. The quantitative estimate of drug-likeness (QED) is 0.245. The van der Waals surface area contributed by atoms with Gasteiger partial charge in [0.1, 0.15) is 23.5 Å². The molecule has 0 radical (unpaired) electrons. The van der Waals surface area contributed by atoms with Crippen molar-refractivity contribution in [3.05, 3.63) is 78.9 Å². The lowest BCUT2D eigenvalue weighted by Crippen LogP contribution is -2.40. The van der Waals surface area contributed by atoms with Gasteiger partial charge in [0.05, 0.1) is 18.6 Å². The number of ether oxygens (including phenoxy) is 1. The highest BCUT2D eigenvalue weighted by molar-refractivity contribution is 6.03. The molecule has 2 amide bonds. The average molecular weight is 607 g/mol. The van der Waals surface area contributed by atoms with Crippen LogP contribution in [0.3, 0.4) is 0 Å². The Kier molecular flexibility index (Phi) is 8.27. The zero-order valence-electron chi connectivity index (χ0n) is 25.2. The van der Waals surface area contributed by atoms with E-state index in [0.29, 0.717) is 35.7 Å². The molecule has 1 aromatic carbocycles. The van der Waals surface area contributed by atoms with Crippen LogP contribution in [0.4, 0.5) is 11.5 Å². The lowest BCUT2D eigenvalue weighted by molar-refractivity contribution is -0.116. The molecule has 3 aliphatic rings. The fraction of sp³-hybridized carbons (Fsp3) is 0.382. The molecule has 3 aliphatic heterocycles. The average Bonchev–Trinajstić information content (AvgIpc) is 3.80. The maximum absolute atomic E-state index is 13.1. The molecular weight excluding hydrogens is 568 g/mol. The fourth-order valence-corrected chi connectivity index (χ4v) is 6.86. The Morgan fingerprint density at radius 1 is 1.04 bits per heavy atom. The van der Waals surface area contributed by atoms with E-state index in [1.807, 2.05) is 36.4 Å². The maximum Gasteiger partial charge on any atom is 0.274 e. The number of benzene rings is 1. The number of hydrogen-bond acceptors (Lipinski definition) is 8. The van der Waals surface area contributed by atoms with Crippen molar-refractivity contribution < 1.29 is 14.3 Å². The van der Waals surface area contributed by atoms with Crippen LogP contribution < -0.4 is 15.5 Å². The van der Waals surface area contributed by atoms with E-state index >= 15 is 0 Å². The van der Waals surface area contributed by atoms with E-state index in [1.54, 1.807) is 12.5 Å². The van der Waals surface area contributed by atoms with Crippen molar-refractivity contribution in [2.24, 2.45) is 17.8 Å².